The standard InChI is InChI=1S/C18H17ClN8OS.ClH/c19-12-1-2-13-11(8-22-25-13)16(12)24-17(28)14-9-21-18(29-14)23-15-4-6-27(26-15)10-3-5-20-7-10;/h1-2,4,6,8-10,20H,3,5,7H2,(H,22,25)(H,24,28)(H,21,23,26);1H/t10-;/m1./s1. The monoisotopic (exact) mass is 464 g/mol. The number of thiazole rings is 1. The number of halogens is 2. The highest BCUT2D eigenvalue weighted by Crippen LogP contribution is 2.31. The number of hydrogen-bond acceptors (Lipinski definition) is 7. The highest BCUT2D eigenvalue weighted by atomic mass is 35.5. The molecule has 3 aromatic heterocycles. The molecule has 4 heterocycles. The molecule has 1 aliphatic rings. The van der Waals surface area contributed by atoms with Gasteiger partial charge in [0.05, 0.1) is 34.7 Å². The van der Waals surface area contributed by atoms with Crippen molar-refractivity contribution in [1.29, 1.82) is 0 Å². The molecule has 0 radical (unpaired) electrons. The number of benzene rings is 1. The normalized spacial score (nSPS) is 15.8. The summed E-state index contributed by atoms with van der Waals surface area (Å²) in [7, 11) is 0. The van der Waals surface area contributed by atoms with Gasteiger partial charge in [-0.3, -0.25) is 14.6 Å². The Bertz CT molecular complexity index is 1180. The summed E-state index contributed by atoms with van der Waals surface area (Å²) in [5.74, 6) is 0.415. The van der Waals surface area contributed by atoms with Crippen LogP contribution in [0.5, 0.6) is 0 Å². The number of hydrogen-bond donors (Lipinski definition) is 4. The topological polar surface area (TPSA) is 113 Å². The van der Waals surface area contributed by atoms with Crippen molar-refractivity contribution in [2.24, 2.45) is 0 Å². The third kappa shape index (κ3) is 3.99. The Morgan fingerprint density at radius 3 is 3.03 bits per heavy atom. The Labute approximate surface area is 186 Å². The Kier molecular flexibility index (Phi) is 5.91. The van der Waals surface area contributed by atoms with Crippen molar-refractivity contribution < 1.29 is 4.79 Å². The van der Waals surface area contributed by atoms with Crippen molar-refractivity contribution in [2.45, 2.75) is 12.5 Å². The van der Waals surface area contributed by atoms with E-state index in [1.54, 1.807) is 12.3 Å². The van der Waals surface area contributed by atoms with Crippen molar-refractivity contribution in [3.63, 3.8) is 0 Å². The lowest BCUT2D eigenvalue weighted by molar-refractivity contribution is 0.103. The average molecular weight is 465 g/mol. The number of amides is 1. The Hall–Kier alpha value is -2.66. The molecule has 1 atom stereocenters. The van der Waals surface area contributed by atoms with Crippen molar-refractivity contribution in [3.8, 4) is 0 Å². The Balaban J connectivity index is 0.00000218. The average Bonchev–Trinajstić information content (AvgIpc) is 3.51. The second-order valence-electron chi connectivity index (χ2n) is 6.69. The third-order valence-electron chi connectivity index (χ3n) is 4.79. The van der Waals surface area contributed by atoms with Crippen molar-refractivity contribution in [1.82, 2.24) is 30.3 Å². The summed E-state index contributed by atoms with van der Waals surface area (Å²) in [6, 6.07) is 5.81. The molecule has 0 bridgehead atoms. The van der Waals surface area contributed by atoms with E-state index in [1.165, 1.54) is 17.5 Å². The minimum absolute atomic E-state index is 0. The lowest BCUT2D eigenvalue weighted by Crippen LogP contribution is -2.13. The summed E-state index contributed by atoms with van der Waals surface area (Å²) in [5.41, 5.74) is 1.32. The molecule has 0 saturated carbocycles. The molecule has 9 nitrogen and oxygen atoms in total. The molecule has 156 valence electrons. The van der Waals surface area contributed by atoms with Crippen LogP contribution in [0.15, 0.2) is 36.8 Å². The predicted octanol–water partition coefficient (Wildman–Crippen LogP) is 3.82. The van der Waals surface area contributed by atoms with Gasteiger partial charge in [-0.05, 0) is 25.1 Å². The van der Waals surface area contributed by atoms with E-state index in [9.17, 15) is 4.79 Å². The van der Waals surface area contributed by atoms with Gasteiger partial charge in [0.15, 0.2) is 10.9 Å². The lowest BCUT2D eigenvalue weighted by Gasteiger charge is -2.08. The van der Waals surface area contributed by atoms with Gasteiger partial charge in [-0.1, -0.05) is 22.9 Å². The van der Waals surface area contributed by atoms with Gasteiger partial charge < -0.3 is 16.0 Å². The molecular weight excluding hydrogens is 447 g/mol. The van der Waals surface area contributed by atoms with E-state index < -0.39 is 0 Å². The van der Waals surface area contributed by atoms with Crippen LogP contribution in [0.25, 0.3) is 10.9 Å². The first-order valence-corrected chi connectivity index (χ1v) is 10.3. The number of fused-ring (bicyclic) bond motifs is 1. The number of H-pyrrole nitrogens is 1. The highest BCUT2D eigenvalue weighted by molar-refractivity contribution is 7.17. The van der Waals surface area contributed by atoms with E-state index in [0.717, 1.165) is 30.4 Å². The van der Waals surface area contributed by atoms with Gasteiger partial charge >= 0.3 is 0 Å². The van der Waals surface area contributed by atoms with Crippen LogP contribution in [0.1, 0.15) is 22.1 Å². The molecule has 1 saturated heterocycles. The van der Waals surface area contributed by atoms with Crippen LogP contribution in [0.3, 0.4) is 0 Å². The molecule has 4 aromatic rings. The molecule has 4 N–H and O–H groups in total. The van der Waals surface area contributed by atoms with E-state index in [0.29, 0.717) is 32.6 Å². The summed E-state index contributed by atoms with van der Waals surface area (Å²) in [6.45, 7) is 1.93. The van der Waals surface area contributed by atoms with Crippen molar-refractivity contribution in [3.05, 3.63) is 46.7 Å². The number of carbonyl (C=O) groups excluding carboxylic acids is 1. The summed E-state index contributed by atoms with van der Waals surface area (Å²) >= 11 is 7.51. The number of aromatic nitrogens is 5. The van der Waals surface area contributed by atoms with Crippen LogP contribution in [0, 0.1) is 0 Å². The quantitative estimate of drug-likeness (QED) is 0.357. The Morgan fingerprint density at radius 2 is 2.20 bits per heavy atom. The summed E-state index contributed by atoms with van der Waals surface area (Å²) in [5, 5.41) is 22.5. The number of aromatic amines is 1. The largest absolute Gasteiger partial charge is 0.319 e. The van der Waals surface area contributed by atoms with E-state index in [4.69, 9.17) is 11.6 Å². The molecule has 30 heavy (non-hydrogen) atoms. The van der Waals surface area contributed by atoms with Gasteiger partial charge in [-0.2, -0.15) is 10.2 Å². The first-order chi connectivity index (χ1) is 14.2. The maximum Gasteiger partial charge on any atom is 0.267 e. The molecule has 12 heteroatoms. The SMILES string of the molecule is Cl.O=C(Nc1c(Cl)ccc2[nH]ncc12)c1cnc(Nc2ccn([C@@H]3CCNC3)n2)s1. The molecule has 1 aromatic carbocycles. The Morgan fingerprint density at radius 1 is 1.30 bits per heavy atom. The molecule has 1 fully saturated rings. The second kappa shape index (κ2) is 8.60. The zero-order valence-electron chi connectivity index (χ0n) is 15.6. The fraction of sp³-hybridized carbons (Fsp3) is 0.222. The van der Waals surface area contributed by atoms with E-state index >= 15 is 0 Å². The molecular formula is C18H18Cl2N8OS. The van der Waals surface area contributed by atoms with Gasteiger partial charge in [0, 0.05) is 24.2 Å². The van der Waals surface area contributed by atoms with Gasteiger partial charge in [-0.25, -0.2) is 4.98 Å². The first-order valence-electron chi connectivity index (χ1n) is 9.09. The molecule has 0 spiro atoms. The third-order valence-corrected chi connectivity index (χ3v) is 6.02. The second-order valence-corrected chi connectivity index (χ2v) is 8.13. The summed E-state index contributed by atoms with van der Waals surface area (Å²) in [4.78, 5) is 17.4. The maximum atomic E-state index is 12.7. The smallest absolute Gasteiger partial charge is 0.267 e. The van der Waals surface area contributed by atoms with Gasteiger partial charge in [-0.15, -0.1) is 12.4 Å². The fourth-order valence-corrected chi connectivity index (χ4v) is 4.24. The van der Waals surface area contributed by atoms with E-state index in [1.807, 2.05) is 23.0 Å². The predicted molar refractivity (Wildman–Crippen MR) is 120 cm³/mol. The molecule has 1 amide bonds. The van der Waals surface area contributed by atoms with Crippen molar-refractivity contribution >= 4 is 68.8 Å². The van der Waals surface area contributed by atoms with Crippen LogP contribution in [-0.4, -0.2) is 44.0 Å². The van der Waals surface area contributed by atoms with E-state index in [2.05, 4.69) is 36.2 Å². The van der Waals surface area contributed by atoms with Gasteiger partial charge in [0.25, 0.3) is 5.91 Å². The van der Waals surface area contributed by atoms with Crippen LogP contribution in [0.4, 0.5) is 16.6 Å². The van der Waals surface area contributed by atoms with Gasteiger partial charge in [0.2, 0.25) is 0 Å². The molecule has 5 rings (SSSR count). The minimum atomic E-state index is -0.284. The maximum absolute atomic E-state index is 12.7. The minimum Gasteiger partial charge on any atom is -0.319 e. The molecule has 0 aliphatic carbocycles. The number of carbonyl (C=O) groups is 1. The van der Waals surface area contributed by atoms with Crippen LogP contribution >= 0.6 is 35.3 Å². The zero-order valence-corrected chi connectivity index (χ0v) is 17.9. The van der Waals surface area contributed by atoms with E-state index in [-0.39, 0.29) is 18.3 Å². The van der Waals surface area contributed by atoms with Crippen LogP contribution in [0.2, 0.25) is 5.02 Å². The highest BCUT2D eigenvalue weighted by Gasteiger charge is 2.18. The lowest BCUT2D eigenvalue weighted by atomic mass is 10.2. The number of anilines is 3. The fourth-order valence-electron chi connectivity index (χ4n) is 3.31. The summed E-state index contributed by atoms with van der Waals surface area (Å²) in [6.07, 6.45) is 6.18. The van der Waals surface area contributed by atoms with Crippen molar-refractivity contribution in [2.75, 3.05) is 23.7 Å². The number of nitrogens with zero attached hydrogens (tertiary/aromatic N) is 4. The zero-order chi connectivity index (χ0) is 19.8. The number of nitrogens with one attached hydrogen (secondary N) is 4. The molecule has 1 aliphatic heterocycles. The van der Waals surface area contributed by atoms with Gasteiger partial charge in [0.1, 0.15) is 4.88 Å². The number of rotatable bonds is 5. The molecule has 0 unspecified atom stereocenters. The summed E-state index contributed by atoms with van der Waals surface area (Å²) < 4.78 is 1.96. The van der Waals surface area contributed by atoms with Crippen LogP contribution in [-0.2, 0) is 0 Å². The van der Waals surface area contributed by atoms with Crippen LogP contribution < -0.4 is 16.0 Å². The first kappa shape index (κ1) is 20.6.